The number of benzene rings is 8. The maximum absolute atomic E-state index is 2.63. The van der Waals surface area contributed by atoms with Crippen molar-refractivity contribution in [2.75, 3.05) is 9.80 Å². The molecule has 0 N–H and O–H groups in total. The Morgan fingerprint density at radius 3 is 1.41 bits per heavy atom. The van der Waals surface area contributed by atoms with Crippen molar-refractivity contribution in [3.05, 3.63) is 197 Å². The third kappa shape index (κ3) is 6.38. The standard InChI is InChI=1S/C66H65BN2/c1-62(2,3)41-27-33-56-54(35-41)67-55-36-42(63(4,5)6)28-34-57(55)69(45-31-32-48-47-19-14-16-22-50(47)66(12,13)53(48)39-45)59-38-43(64(7,8)9)37-58(61(59)67)68(56)44-29-25-40(26-30-44)46-21-18-24-52-60(46)49-20-15-17-23-51(49)65(52,10)11/h14-39H,1-13H3. The van der Waals surface area contributed by atoms with Gasteiger partial charge in [0.15, 0.2) is 0 Å². The van der Waals surface area contributed by atoms with Gasteiger partial charge < -0.3 is 9.80 Å². The van der Waals surface area contributed by atoms with Gasteiger partial charge in [0.05, 0.1) is 0 Å². The third-order valence-corrected chi connectivity index (χ3v) is 16.5. The average Bonchev–Trinajstić information content (AvgIpc) is 3.69. The molecule has 0 bridgehead atoms. The molecule has 2 nitrogen and oxygen atoms in total. The molecular weight excluding hydrogens is 832 g/mol. The molecule has 69 heavy (non-hydrogen) atoms. The molecule has 0 radical (unpaired) electrons. The van der Waals surface area contributed by atoms with Gasteiger partial charge in [-0.2, -0.15) is 0 Å². The molecule has 4 aliphatic rings. The molecule has 0 atom stereocenters. The second-order valence-corrected chi connectivity index (χ2v) is 24.7. The zero-order valence-corrected chi connectivity index (χ0v) is 43.0. The monoisotopic (exact) mass is 897 g/mol. The summed E-state index contributed by atoms with van der Waals surface area (Å²) < 4.78 is 0. The largest absolute Gasteiger partial charge is 0.311 e. The van der Waals surface area contributed by atoms with E-state index in [2.05, 4.69) is 258 Å². The lowest BCUT2D eigenvalue weighted by atomic mass is 9.33. The smallest absolute Gasteiger partial charge is 0.252 e. The van der Waals surface area contributed by atoms with Crippen LogP contribution in [0, 0.1) is 0 Å². The van der Waals surface area contributed by atoms with Crippen molar-refractivity contribution in [2.45, 2.75) is 117 Å². The summed E-state index contributed by atoms with van der Waals surface area (Å²) in [6, 6.07) is 61.5. The Balaban J connectivity index is 1.12. The second kappa shape index (κ2) is 14.5. The van der Waals surface area contributed by atoms with Crippen LogP contribution in [0.4, 0.5) is 34.1 Å². The van der Waals surface area contributed by atoms with Crippen LogP contribution in [-0.4, -0.2) is 6.71 Å². The molecule has 3 heteroatoms. The number of anilines is 6. The number of rotatable bonds is 3. The Morgan fingerprint density at radius 2 is 0.826 bits per heavy atom. The number of hydrogen-bond donors (Lipinski definition) is 0. The van der Waals surface area contributed by atoms with Crippen LogP contribution in [-0.2, 0) is 27.1 Å². The fourth-order valence-electron chi connectivity index (χ4n) is 12.5. The molecule has 8 aromatic rings. The van der Waals surface area contributed by atoms with Crippen LogP contribution in [0.15, 0.2) is 158 Å². The summed E-state index contributed by atoms with van der Waals surface area (Å²) in [6.07, 6.45) is 0. The van der Waals surface area contributed by atoms with E-state index >= 15 is 0 Å². The van der Waals surface area contributed by atoms with Gasteiger partial charge in [-0.05, 0) is 153 Å². The van der Waals surface area contributed by atoms with Gasteiger partial charge in [0.2, 0.25) is 0 Å². The fourth-order valence-corrected chi connectivity index (χ4v) is 12.5. The minimum absolute atomic E-state index is 0.0239. The van der Waals surface area contributed by atoms with Crippen molar-refractivity contribution in [1.82, 2.24) is 0 Å². The third-order valence-electron chi connectivity index (χ3n) is 16.5. The number of fused-ring (bicyclic) bond motifs is 10. The molecule has 2 heterocycles. The summed E-state index contributed by atoms with van der Waals surface area (Å²) in [5.41, 5.74) is 28.7. The summed E-state index contributed by atoms with van der Waals surface area (Å²) in [4.78, 5) is 5.23. The molecule has 0 unspecified atom stereocenters. The molecule has 8 aromatic carbocycles. The lowest BCUT2D eigenvalue weighted by Crippen LogP contribution is -2.61. The normalized spacial score (nSPS) is 15.8. The van der Waals surface area contributed by atoms with Crippen LogP contribution in [0.5, 0.6) is 0 Å². The molecule has 0 amide bonds. The molecular formula is C66H65BN2. The van der Waals surface area contributed by atoms with Crippen molar-refractivity contribution in [3.8, 4) is 33.4 Å². The minimum atomic E-state index is -0.128. The Bertz CT molecular complexity index is 3450. The fraction of sp³-hybridized carbons (Fsp3) is 0.273. The SMILES string of the molecule is CC(C)(C)c1ccc2c(c1)B1c3cc(C(C)(C)C)ccc3N(c3ccc4c(c3)C(C)(C)c3ccccc3-4)c3cc(C(C)(C)C)cc(c31)N2c1ccc(-c2cccc3c2-c2ccccc2C3(C)C)cc1. The van der Waals surface area contributed by atoms with E-state index in [0.717, 1.165) is 0 Å². The molecule has 2 aliphatic carbocycles. The highest BCUT2D eigenvalue weighted by Crippen LogP contribution is 2.54. The van der Waals surface area contributed by atoms with E-state index in [1.807, 2.05) is 0 Å². The number of hydrogen-bond acceptors (Lipinski definition) is 2. The van der Waals surface area contributed by atoms with Crippen LogP contribution in [0.25, 0.3) is 33.4 Å². The molecule has 342 valence electrons. The highest BCUT2D eigenvalue weighted by Gasteiger charge is 2.46. The van der Waals surface area contributed by atoms with E-state index in [4.69, 9.17) is 0 Å². The molecule has 0 fully saturated rings. The molecule has 0 spiro atoms. The van der Waals surface area contributed by atoms with Crippen molar-refractivity contribution >= 4 is 57.2 Å². The van der Waals surface area contributed by atoms with Crippen LogP contribution in [0.1, 0.15) is 129 Å². The van der Waals surface area contributed by atoms with Gasteiger partial charge in [-0.15, -0.1) is 0 Å². The lowest BCUT2D eigenvalue weighted by Gasteiger charge is -2.46. The van der Waals surface area contributed by atoms with Crippen LogP contribution in [0.3, 0.4) is 0 Å². The zero-order chi connectivity index (χ0) is 48.3. The van der Waals surface area contributed by atoms with Gasteiger partial charge in [0, 0.05) is 45.0 Å². The van der Waals surface area contributed by atoms with E-state index in [9.17, 15) is 0 Å². The number of nitrogens with zero attached hydrogens (tertiary/aromatic N) is 2. The Morgan fingerprint density at radius 1 is 0.362 bits per heavy atom. The molecule has 0 saturated carbocycles. The topological polar surface area (TPSA) is 6.48 Å². The van der Waals surface area contributed by atoms with E-state index in [-0.39, 0.29) is 33.8 Å². The molecule has 0 saturated heterocycles. The maximum atomic E-state index is 2.63. The van der Waals surface area contributed by atoms with Gasteiger partial charge in [-0.3, -0.25) is 0 Å². The summed E-state index contributed by atoms with van der Waals surface area (Å²) >= 11 is 0. The molecule has 2 aliphatic heterocycles. The predicted molar refractivity (Wildman–Crippen MR) is 297 cm³/mol. The van der Waals surface area contributed by atoms with Crippen molar-refractivity contribution in [3.63, 3.8) is 0 Å². The zero-order valence-electron chi connectivity index (χ0n) is 43.0. The van der Waals surface area contributed by atoms with Gasteiger partial charge in [-0.1, -0.05) is 199 Å². The summed E-state index contributed by atoms with van der Waals surface area (Å²) in [7, 11) is 0. The van der Waals surface area contributed by atoms with Crippen molar-refractivity contribution in [2.24, 2.45) is 0 Å². The van der Waals surface area contributed by atoms with E-state index in [1.54, 1.807) is 0 Å². The first-order chi connectivity index (χ1) is 32.6. The van der Waals surface area contributed by atoms with Crippen LogP contribution < -0.4 is 26.2 Å². The molecule has 0 aromatic heterocycles. The minimum Gasteiger partial charge on any atom is -0.311 e. The van der Waals surface area contributed by atoms with E-state index < -0.39 is 0 Å². The summed E-state index contributed by atoms with van der Waals surface area (Å²) in [6.45, 7) is 30.8. The van der Waals surface area contributed by atoms with Crippen molar-refractivity contribution < 1.29 is 0 Å². The van der Waals surface area contributed by atoms with E-state index in [1.165, 1.54) is 123 Å². The Labute approximate surface area is 412 Å². The highest BCUT2D eigenvalue weighted by molar-refractivity contribution is 7.00. The van der Waals surface area contributed by atoms with Crippen molar-refractivity contribution in [1.29, 1.82) is 0 Å². The molecule has 12 rings (SSSR count). The van der Waals surface area contributed by atoms with Gasteiger partial charge in [0.25, 0.3) is 6.71 Å². The van der Waals surface area contributed by atoms with Gasteiger partial charge in [0.1, 0.15) is 0 Å². The Hall–Kier alpha value is -6.58. The van der Waals surface area contributed by atoms with Gasteiger partial charge >= 0.3 is 0 Å². The first-order valence-electron chi connectivity index (χ1n) is 25.3. The lowest BCUT2D eigenvalue weighted by molar-refractivity contribution is 0.590. The quantitative estimate of drug-likeness (QED) is 0.163. The average molecular weight is 897 g/mol. The van der Waals surface area contributed by atoms with E-state index in [0.29, 0.717) is 0 Å². The highest BCUT2D eigenvalue weighted by atomic mass is 15.2. The van der Waals surface area contributed by atoms with Crippen LogP contribution >= 0.6 is 0 Å². The van der Waals surface area contributed by atoms with Gasteiger partial charge in [-0.25, -0.2) is 0 Å². The first kappa shape index (κ1) is 43.7. The summed E-state index contributed by atoms with van der Waals surface area (Å²) in [5, 5.41) is 0. The van der Waals surface area contributed by atoms with Crippen LogP contribution in [0.2, 0.25) is 0 Å². The first-order valence-corrected chi connectivity index (χ1v) is 25.3. The Kier molecular flexibility index (Phi) is 9.17. The second-order valence-electron chi connectivity index (χ2n) is 24.7. The summed E-state index contributed by atoms with van der Waals surface area (Å²) in [5.74, 6) is 0. The predicted octanol–water partition coefficient (Wildman–Crippen LogP) is 15.9. The maximum Gasteiger partial charge on any atom is 0.252 e.